The van der Waals surface area contributed by atoms with Gasteiger partial charge in [-0.05, 0) is 58.7 Å². The number of hydrogen-bond acceptors (Lipinski definition) is 8. The highest BCUT2D eigenvalue weighted by Gasteiger charge is 2.16. The summed E-state index contributed by atoms with van der Waals surface area (Å²) in [6, 6.07) is 24.9. The third kappa shape index (κ3) is 9.04. The highest BCUT2D eigenvalue weighted by Crippen LogP contribution is 2.30. The van der Waals surface area contributed by atoms with E-state index in [1.165, 1.54) is 18.2 Å². The molecular formula is C32H32N2O9S. The zero-order valence-corrected chi connectivity index (χ0v) is 24.6. The van der Waals surface area contributed by atoms with E-state index in [0.29, 0.717) is 34.7 Å². The third-order valence-electron chi connectivity index (χ3n) is 6.47. The van der Waals surface area contributed by atoms with E-state index in [2.05, 4.69) is 10.0 Å². The minimum Gasteiger partial charge on any atom is -0.492 e. The molecule has 0 amide bonds. The Bertz CT molecular complexity index is 1710. The van der Waals surface area contributed by atoms with Gasteiger partial charge in [-0.3, -0.25) is 4.72 Å². The Kier molecular flexibility index (Phi) is 10.6. The lowest BCUT2D eigenvalue weighted by Crippen LogP contribution is -2.26. The molecule has 0 saturated carbocycles. The van der Waals surface area contributed by atoms with Crippen molar-refractivity contribution in [2.75, 3.05) is 30.7 Å². The summed E-state index contributed by atoms with van der Waals surface area (Å²) in [7, 11) is -3.60. The number of sulfonamides is 1. The van der Waals surface area contributed by atoms with Gasteiger partial charge < -0.3 is 30.1 Å². The Hall–Kier alpha value is -4.91. The van der Waals surface area contributed by atoms with Gasteiger partial charge in [0.25, 0.3) is 0 Å². The first kappa shape index (κ1) is 32.0. The van der Waals surface area contributed by atoms with Gasteiger partial charge >= 0.3 is 11.9 Å². The van der Waals surface area contributed by atoms with Crippen LogP contribution in [0.3, 0.4) is 0 Å². The molecule has 0 aliphatic heterocycles. The Labute approximate surface area is 254 Å². The molecule has 5 N–H and O–H groups in total. The number of hydrogen-bond donors (Lipinski definition) is 5. The SMILES string of the molecule is CS(=O)(=O)Nc1cc([C@@H](O)CNCCOc2ccc(-c3ccc(C(=O)O)cc3C(=O)O)cc2)ccc1OCc1ccccc1. The number of carboxylic acid groups (broad SMARTS) is 2. The number of benzene rings is 4. The van der Waals surface area contributed by atoms with E-state index in [1.54, 1.807) is 36.4 Å². The van der Waals surface area contributed by atoms with E-state index in [-0.39, 0.29) is 36.6 Å². The molecule has 0 aliphatic rings. The van der Waals surface area contributed by atoms with E-state index in [9.17, 15) is 28.2 Å². The van der Waals surface area contributed by atoms with Gasteiger partial charge in [-0.1, -0.05) is 54.6 Å². The molecule has 0 bridgehead atoms. The van der Waals surface area contributed by atoms with Crippen LogP contribution in [0.4, 0.5) is 5.69 Å². The largest absolute Gasteiger partial charge is 0.492 e. The minimum atomic E-state index is -3.60. The van der Waals surface area contributed by atoms with Gasteiger partial charge in [0.05, 0.1) is 29.2 Å². The summed E-state index contributed by atoms with van der Waals surface area (Å²) in [6.07, 6.45) is 0.103. The van der Waals surface area contributed by atoms with Gasteiger partial charge in [-0.15, -0.1) is 0 Å². The normalized spacial score (nSPS) is 11.9. The number of aromatic carboxylic acids is 2. The van der Waals surface area contributed by atoms with E-state index in [4.69, 9.17) is 14.6 Å². The lowest BCUT2D eigenvalue weighted by Gasteiger charge is -2.17. The summed E-state index contributed by atoms with van der Waals surface area (Å²) in [6.45, 7) is 1.09. The first-order valence-electron chi connectivity index (χ1n) is 13.5. The van der Waals surface area contributed by atoms with Crippen LogP contribution < -0.4 is 19.5 Å². The van der Waals surface area contributed by atoms with Gasteiger partial charge in [-0.25, -0.2) is 18.0 Å². The summed E-state index contributed by atoms with van der Waals surface area (Å²) >= 11 is 0. The predicted octanol–water partition coefficient (Wildman–Crippen LogP) is 4.40. The highest BCUT2D eigenvalue weighted by atomic mass is 32.2. The number of aliphatic hydroxyl groups excluding tert-OH is 1. The molecule has 1 atom stereocenters. The van der Waals surface area contributed by atoms with Gasteiger partial charge in [0, 0.05) is 13.1 Å². The van der Waals surface area contributed by atoms with Crippen molar-refractivity contribution in [2.45, 2.75) is 12.7 Å². The van der Waals surface area contributed by atoms with Crippen molar-refractivity contribution < 1.29 is 42.8 Å². The Morgan fingerprint density at radius 3 is 2.25 bits per heavy atom. The lowest BCUT2D eigenvalue weighted by atomic mass is 9.97. The van der Waals surface area contributed by atoms with Crippen LogP contribution >= 0.6 is 0 Å². The molecule has 4 rings (SSSR count). The minimum absolute atomic E-state index is 0.111. The molecule has 0 aromatic heterocycles. The van der Waals surface area contributed by atoms with Gasteiger partial charge in [-0.2, -0.15) is 0 Å². The van der Waals surface area contributed by atoms with Crippen molar-refractivity contribution in [1.82, 2.24) is 5.32 Å². The zero-order valence-electron chi connectivity index (χ0n) is 23.8. The molecule has 0 unspecified atom stereocenters. The molecule has 44 heavy (non-hydrogen) atoms. The van der Waals surface area contributed by atoms with Crippen LogP contribution in [0.25, 0.3) is 11.1 Å². The summed E-state index contributed by atoms with van der Waals surface area (Å²) < 4.78 is 37.9. The number of aliphatic hydroxyl groups is 1. The number of rotatable bonds is 15. The van der Waals surface area contributed by atoms with Crippen LogP contribution in [0.5, 0.6) is 11.5 Å². The third-order valence-corrected chi connectivity index (χ3v) is 7.06. The maximum Gasteiger partial charge on any atom is 0.336 e. The highest BCUT2D eigenvalue weighted by molar-refractivity contribution is 7.92. The van der Waals surface area contributed by atoms with Crippen molar-refractivity contribution >= 4 is 27.6 Å². The molecule has 0 fully saturated rings. The number of carboxylic acids is 2. The first-order valence-corrected chi connectivity index (χ1v) is 15.4. The molecule has 0 spiro atoms. The Morgan fingerprint density at radius 1 is 0.864 bits per heavy atom. The fourth-order valence-corrected chi connectivity index (χ4v) is 4.89. The van der Waals surface area contributed by atoms with Crippen LogP contribution in [0, 0.1) is 0 Å². The molecular weight excluding hydrogens is 588 g/mol. The molecule has 230 valence electrons. The Balaban J connectivity index is 1.30. The smallest absolute Gasteiger partial charge is 0.336 e. The first-order chi connectivity index (χ1) is 21.0. The molecule has 12 heteroatoms. The summed E-state index contributed by atoms with van der Waals surface area (Å²) in [5, 5.41) is 32.5. The molecule has 11 nitrogen and oxygen atoms in total. The zero-order chi connectivity index (χ0) is 31.7. The molecule has 4 aromatic carbocycles. The molecule has 0 saturated heterocycles. The van der Waals surface area contributed by atoms with Crippen LogP contribution in [0.2, 0.25) is 0 Å². The number of nitrogens with one attached hydrogen (secondary N) is 2. The summed E-state index contributed by atoms with van der Waals surface area (Å²) in [5.74, 6) is -1.57. The molecule has 0 aliphatic carbocycles. The second kappa shape index (κ2) is 14.5. The van der Waals surface area contributed by atoms with Gasteiger partial charge in [0.1, 0.15) is 24.7 Å². The van der Waals surface area contributed by atoms with Crippen LogP contribution in [-0.4, -0.2) is 61.6 Å². The average molecular weight is 621 g/mol. The molecule has 0 radical (unpaired) electrons. The fourth-order valence-electron chi connectivity index (χ4n) is 4.33. The van der Waals surface area contributed by atoms with E-state index in [1.807, 2.05) is 30.3 Å². The van der Waals surface area contributed by atoms with E-state index in [0.717, 1.165) is 17.9 Å². The monoisotopic (exact) mass is 620 g/mol. The van der Waals surface area contributed by atoms with Crippen molar-refractivity contribution in [3.63, 3.8) is 0 Å². The maximum absolute atomic E-state index is 11.9. The Morgan fingerprint density at radius 2 is 1.59 bits per heavy atom. The lowest BCUT2D eigenvalue weighted by molar-refractivity contribution is 0.0696. The second-order valence-electron chi connectivity index (χ2n) is 9.87. The quantitative estimate of drug-likeness (QED) is 0.120. The van der Waals surface area contributed by atoms with Crippen molar-refractivity contribution in [3.8, 4) is 22.6 Å². The standard InChI is InChI=1S/C32H32N2O9S/c1-44(40,41)34-28-18-23(10-14-30(28)43-20-21-5-3-2-4-6-21)29(35)19-33-15-16-42-25-11-7-22(8-12-25)26-13-9-24(31(36)37)17-27(26)32(38)39/h2-14,17-18,29,33-35H,15-16,19-20H2,1H3,(H,36,37)(H,38,39)/t29-/m0/s1. The number of carbonyl (C=O) groups is 2. The van der Waals surface area contributed by atoms with Crippen molar-refractivity contribution in [3.05, 3.63) is 113 Å². The van der Waals surface area contributed by atoms with Crippen molar-refractivity contribution in [1.29, 1.82) is 0 Å². The molecule has 4 aromatic rings. The number of anilines is 1. The summed E-state index contributed by atoms with van der Waals surface area (Å²) in [4.78, 5) is 22.9. The summed E-state index contributed by atoms with van der Waals surface area (Å²) in [5.41, 5.74) is 2.38. The maximum atomic E-state index is 11.9. The van der Waals surface area contributed by atoms with Gasteiger partial charge in [0.2, 0.25) is 10.0 Å². The topological polar surface area (TPSA) is 171 Å². The van der Waals surface area contributed by atoms with Crippen molar-refractivity contribution in [2.24, 2.45) is 0 Å². The van der Waals surface area contributed by atoms with E-state index >= 15 is 0 Å². The fraction of sp³-hybridized carbons (Fsp3) is 0.188. The second-order valence-corrected chi connectivity index (χ2v) is 11.6. The molecule has 0 heterocycles. The average Bonchev–Trinajstić information content (AvgIpc) is 3.00. The number of ether oxygens (including phenoxy) is 2. The van der Waals surface area contributed by atoms with E-state index < -0.39 is 28.1 Å². The van der Waals surface area contributed by atoms with Gasteiger partial charge in [0.15, 0.2) is 0 Å². The van der Waals surface area contributed by atoms with Crippen LogP contribution in [0.15, 0.2) is 91.0 Å². The van der Waals surface area contributed by atoms with Crippen LogP contribution in [0.1, 0.15) is 37.9 Å². The predicted molar refractivity (Wildman–Crippen MR) is 165 cm³/mol. The van der Waals surface area contributed by atoms with Crippen LogP contribution in [-0.2, 0) is 16.6 Å².